The van der Waals surface area contributed by atoms with Gasteiger partial charge in [-0.1, -0.05) is 12.1 Å². The quantitative estimate of drug-likeness (QED) is 0.578. The lowest BCUT2D eigenvalue weighted by atomic mass is 10.2. The lowest BCUT2D eigenvalue weighted by molar-refractivity contribution is -0.142. The van der Waals surface area contributed by atoms with Crippen LogP contribution in [0.4, 0.5) is 0 Å². The van der Waals surface area contributed by atoms with Gasteiger partial charge in [0, 0.05) is 32.3 Å². The topological polar surface area (TPSA) is 126 Å². The Kier molecular flexibility index (Phi) is 6.65. The lowest BCUT2D eigenvalue weighted by Gasteiger charge is -2.12. The zero-order chi connectivity index (χ0) is 15.0. The summed E-state index contributed by atoms with van der Waals surface area (Å²) in [6.45, 7) is 1.69. The van der Waals surface area contributed by atoms with Gasteiger partial charge in [-0.3, -0.25) is 4.79 Å². The molecular formula is C12H19N3O5. The number of amides is 1. The van der Waals surface area contributed by atoms with Crippen molar-refractivity contribution in [1.82, 2.24) is 15.5 Å². The number of carboxylic acids is 1. The van der Waals surface area contributed by atoms with E-state index >= 15 is 0 Å². The maximum Gasteiger partial charge on any atom is 0.326 e. The van der Waals surface area contributed by atoms with Crippen LogP contribution in [0.3, 0.4) is 0 Å². The van der Waals surface area contributed by atoms with E-state index in [2.05, 4.69) is 15.5 Å². The molecule has 8 nitrogen and oxygen atoms in total. The van der Waals surface area contributed by atoms with Gasteiger partial charge in [-0.05, 0) is 6.42 Å². The highest BCUT2D eigenvalue weighted by atomic mass is 16.5. The molecule has 8 heteroatoms. The molecule has 0 aromatic carbocycles. The van der Waals surface area contributed by atoms with Crippen molar-refractivity contribution < 1.29 is 24.3 Å². The van der Waals surface area contributed by atoms with Crippen LogP contribution >= 0.6 is 0 Å². The van der Waals surface area contributed by atoms with E-state index in [1.54, 1.807) is 0 Å². The fourth-order valence-corrected chi connectivity index (χ4v) is 1.59. The van der Waals surface area contributed by atoms with Crippen LogP contribution in [0.25, 0.3) is 0 Å². The average molecular weight is 285 g/mol. The van der Waals surface area contributed by atoms with Crippen LogP contribution in [0.5, 0.6) is 0 Å². The minimum Gasteiger partial charge on any atom is -0.480 e. The molecule has 0 aliphatic heterocycles. The van der Waals surface area contributed by atoms with Crippen LogP contribution in [-0.2, 0) is 22.4 Å². The summed E-state index contributed by atoms with van der Waals surface area (Å²) < 4.78 is 4.97. The Bertz CT molecular complexity index is 446. The first-order chi connectivity index (χ1) is 9.56. The first-order valence-electron chi connectivity index (χ1n) is 6.51. The highest BCUT2D eigenvalue weighted by molar-refractivity contribution is 5.83. The van der Waals surface area contributed by atoms with Crippen LogP contribution in [0.2, 0.25) is 0 Å². The third-order valence-electron chi connectivity index (χ3n) is 2.60. The Hall–Kier alpha value is -1.96. The number of carboxylic acid groups (broad SMARTS) is 1. The number of hydrogen-bond donors (Lipinski definition) is 3. The molecule has 0 fully saturated rings. The number of aryl methyl sites for hydroxylation is 2. The number of carbonyl (C=O) groups excluding carboxylic acids is 1. The van der Waals surface area contributed by atoms with Crippen molar-refractivity contribution in [3.63, 3.8) is 0 Å². The summed E-state index contributed by atoms with van der Waals surface area (Å²) >= 11 is 0. The molecule has 20 heavy (non-hydrogen) atoms. The molecule has 1 atom stereocenters. The van der Waals surface area contributed by atoms with Gasteiger partial charge in [-0.15, -0.1) is 0 Å². The molecule has 1 aromatic rings. The Labute approximate surface area is 116 Å². The van der Waals surface area contributed by atoms with E-state index in [0.29, 0.717) is 18.1 Å². The molecule has 1 rings (SSSR count). The normalized spacial score (nSPS) is 12.1. The van der Waals surface area contributed by atoms with Gasteiger partial charge in [0.15, 0.2) is 5.82 Å². The number of aliphatic hydroxyl groups excluding tert-OH is 1. The Morgan fingerprint density at radius 2 is 2.15 bits per heavy atom. The molecule has 0 saturated carbocycles. The molecule has 0 saturated heterocycles. The summed E-state index contributed by atoms with van der Waals surface area (Å²) in [4.78, 5) is 26.5. The first-order valence-corrected chi connectivity index (χ1v) is 6.51. The number of aliphatic hydroxyl groups is 1. The fraction of sp³-hybridized carbons (Fsp3) is 0.667. The molecule has 1 amide bonds. The van der Waals surface area contributed by atoms with Gasteiger partial charge in [0.2, 0.25) is 11.8 Å². The molecule has 0 spiro atoms. The van der Waals surface area contributed by atoms with Crippen LogP contribution in [0.15, 0.2) is 4.52 Å². The minimum absolute atomic E-state index is 0.0255. The Balaban J connectivity index is 2.39. The van der Waals surface area contributed by atoms with Crippen LogP contribution in [0, 0.1) is 0 Å². The number of nitrogens with zero attached hydrogens (tertiary/aromatic N) is 2. The predicted octanol–water partition coefficient (Wildman–Crippen LogP) is -0.0935. The van der Waals surface area contributed by atoms with Crippen molar-refractivity contribution in [2.45, 2.75) is 45.1 Å². The van der Waals surface area contributed by atoms with E-state index in [1.165, 1.54) is 0 Å². The summed E-state index contributed by atoms with van der Waals surface area (Å²) in [6.07, 6.45) is 1.91. The summed E-state index contributed by atoms with van der Waals surface area (Å²) in [5.41, 5.74) is 0. The van der Waals surface area contributed by atoms with E-state index in [4.69, 9.17) is 14.7 Å². The van der Waals surface area contributed by atoms with Crippen molar-refractivity contribution in [2.24, 2.45) is 0 Å². The largest absolute Gasteiger partial charge is 0.480 e. The van der Waals surface area contributed by atoms with E-state index in [9.17, 15) is 9.59 Å². The van der Waals surface area contributed by atoms with Gasteiger partial charge in [0.1, 0.15) is 6.04 Å². The Morgan fingerprint density at radius 1 is 1.40 bits per heavy atom. The molecule has 0 radical (unpaired) electrons. The van der Waals surface area contributed by atoms with Crippen LogP contribution in [0.1, 0.15) is 37.9 Å². The minimum atomic E-state index is -1.17. The second kappa shape index (κ2) is 8.26. The smallest absolute Gasteiger partial charge is 0.326 e. The molecule has 0 aliphatic rings. The number of hydrogen-bond acceptors (Lipinski definition) is 6. The van der Waals surface area contributed by atoms with Gasteiger partial charge in [-0.2, -0.15) is 4.98 Å². The summed E-state index contributed by atoms with van der Waals surface area (Å²) in [5, 5.41) is 23.6. The van der Waals surface area contributed by atoms with Crippen molar-refractivity contribution in [1.29, 1.82) is 0 Å². The second-order valence-corrected chi connectivity index (χ2v) is 4.32. The number of aromatic nitrogens is 2. The third-order valence-corrected chi connectivity index (χ3v) is 2.60. The Morgan fingerprint density at radius 3 is 2.75 bits per heavy atom. The molecular weight excluding hydrogens is 266 g/mol. The van der Waals surface area contributed by atoms with Crippen LogP contribution in [-0.4, -0.2) is 44.9 Å². The molecule has 0 aliphatic carbocycles. The highest BCUT2D eigenvalue weighted by Gasteiger charge is 2.19. The molecule has 0 unspecified atom stereocenters. The van der Waals surface area contributed by atoms with Gasteiger partial charge >= 0.3 is 5.97 Å². The zero-order valence-corrected chi connectivity index (χ0v) is 11.3. The lowest BCUT2D eigenvalue weighted by Crippen LogP contribution is -2.41. The number of nitrogens with one attached hydrogen (secondary N) is 1. The molecule has 3 N–H and O–H groups in total. The molecule has 112 valence electrons. The van der Waals surface area contributed by atoms with Crippen molar-refractivity contribution in [3.8, 4) is 0 Å². The first kappa shape index (κ1) is 16.1. The van der Waals surface area contributed by atoms with Crippen LogP contribution < -0.4 is 5.32 Å². The predicted molar refractivity (Wildman–Crippen MR) is 67.9 cm³/mol. The average Bonchev–Trinajstić information content (AvgIpc) is 2.84. The SMILES string of the molecule is CCCc1noc(CCC(=O)N[C@H](CCO)C(=O)O)n1. The molecule has 0 bridgehead atoms. The van der Waals surface area contributed by atoms with Crippen molar-refractivity contribution in [3.05, 3.63) is 11.7 Å². The third kappa shape index (κ3) is 5.35. The van der Waals surface area contributed by atoms with E-state index in [1.807, 2.05) is 6.92 Å². The summed E-state index contributed by atoms with van der Waals surface area (Å²) in [6, 6.07) is -1.08. The summed E-state index contributed by atoms with van der Waals surface area (Å²) in [5.74, 6) is -0.638. The maximum absolute atomic E-state index is 11.6. The fourth-order valence-electron chi connectivity index (χ4n) is 1.59. The number of carbonyl (C=O) groups is 2. The van der Waals surface area contributed by atoms with E-state index in [0.717, 1.165) is 6.42 Å². The standard InChI is InChI=1S/C12H19N3O5/c1-2-3-9-14-11(20-15-9)5-4-10(17)13-8(6-7-16)12(18)19/h8,16H,2-7H2,1H3,(H,13,17)(H,18,19)/t8-/m1/s1. The van der Waals surface area contributed by atoms with Gasteiger partial charge in [0.25, 0.3) is 0 Å². The van der Waals surface area contributed by atoms with Crippen molar-refractivity contribution in [2.75, 3.05) is 6.61 Å². The maximum atomic E-state index is 11.6. The van der Waals surface area contributed by atoms with E-state index in [-0.39, 0.29) is 25.9 Å². The van der Waals surface area contributed by atoms with Gasteiger partial charge in [0.05, 0.1) is 0 Å². The van der Waals surface area contributed by atoms with Crippen molar-refractivity contribution >= 4 is 11.9 Å². The van der Waals surface area contributed by atoms with E-state index < -0.39 is 17.9 Å². The number of aliphatic carboxylic acids is 1. The summed E-state index contributed by atoms with van der Waals surface area (Å²) in [7, 11) is 0. The highest BCUT2D eigenvalue weighted by Crippen LogP contribution is 2.03. The van der Waals surface area contributed by atoms with Gasteiger partial charge < -0.3 is 20.1 Å². The molecule has 1 heterocycles. The monoisotopic (exact) mass is 285 g/mol. The number of rotatable bonds is 9. The molecule has 1 aromatic heterocycles. The second-order valence-electron chi connectivity index (χ2n) is 4.32. The zero-order valence-electron chi connectivity index (χ0n) is 11.3. The van der Waals surface area contributed by atoms with Gasteiger partial charge in [-0.25, -0.2) is 4.79 Å².